The second kappa shape index (κ2) is 10.4. The van der Waals surface area contributed by atoms with Crippen LogP contribution in [0.4, 0.5) is 5.69 Å². The Labute approximate surface area is 176 Å². The van der Waals surface area contributed by atoms with Crippen LogP contribution >= 0.6 is 11.6 Å². The van der Waals surface area contributed by atoms with Crippen LogP contribution in [0.3, 0.4) is 0 Å². The highest BCUT2D eigenvalue weighted by Gasteiger charge is 2.24. The molecule has 2 aromatic rings. The highest BCUT2D eigenvalue weighted by Crippen LogP contribution is 2.32. The average Bonchev–Trinajstić information content (AvgIpc) is 2.68. The van der Waals surface area contributed by atoms with Gasteiger partial charge in [0.15, 0.2) is 0 Å². The number of halogens is 1. The first-order valence-electron chi connectivity index (χ1n) is 8.95. The fourth-order valence-electron chi connectivity index (χ4n) is 2.77. The summed E-state index contributed by atoms with van der Waals surface area (Å²) < 4.78 is 35.9. The Balaban J connectivity index is 1.98. The summed E-state index contributed by atoms with van der Waals surface area (Å²) in [5.41, 5.74) is 1.31. The Hall–Kier alpha value is -2.45. The van der Waals surface area contributed by atoms with Crippen LogP contribution in [0.15, 0.2) is 42.5 Å². The van der Waals surface area contributed by atoms with Crippen molar-refractivity contribution < 1.29 is 22.7 Å². The maximum Gasteiger partial charge on any atom is 0.240 e. The Morgan fingerprint density at radius 3 is 2.55 bits per heavy atom. The first-order chi connectivity index (χ1) is 13.7. The van der Waals surface area contributed by atoms with E-state index in [2.05, 4.69) is 5.32 Å². The zero-order chi connectivity index (χ0) is 21.4. The van der Waals surface area contributed by atoms with Crippen LogP contribution in [0.5, 0.6) is 11.5 Å². The number of carbonyl (C=O) groups is 1. The van der Waals surface area contributed by atoms with Gasteiger partial charge in [-0.2, -0.15) is 0 Å². The normalized spacial score (nSPS) is 11.0. The number of anilines is 1. The zero-order valence-electron chi connectivity index (χ0n) is 16.6. The van der Waals surface area contributed by atoms with Gasteiger partial charge >= 0.3 is 0 Å². The van der Waals surface area contributed by atoms with E-state index >= 15 is 0 Å². The molecule has 0 saturated carbocycles. The number of carbonyl (C=O) groups excluding carboxylic acids is 1. The Kier molecular flexibility index (Phi) is 8.16. The molecular weight excluding hydrogens is 416 g/mol. The molecule has 0 aliphatic rings. The van der Waals surface area contributed by atoms with Gasteiger partial charge < -0.3 is 14.8 Å². The van der Waals surface area contributed by atoms with Gasteiger partial charge in [-0.15, -0.1) is 0 Å². The van der Waals surface area contributed by atoms with Crippen molar-refractivity contribution in [2.45, 2.75) is 12.8 Å². The van der Waals surface area contributed by atoms with E-state index in [1.54, 1.807) is 19.2 Å². The average molecular weight is 441 g/mol. The minimum atomic E-state index is -3.72. The van der Waals surface area contributed by atoms with Crippen molar-refractivity contribution in [3.8, 4) is 11.5 Å². The van der Waals surface area contributed by atoms with E-state index in [9.17, 15) is 13.2 Å². The molecule has 0 atom stereocenters. The summed E-state index contributed by atoms with van der Waals surface area (Å²) in [5.74, 6) is 0.680. The van der Waals surface area contributed by atoms with Crippen molar-refractivity contribution in [2.24, 2.45) is 0 Å². The van der Waals surface area contributed by atoms with Crippen LogP contribution in [-0.2, 0) is 21.2 Å². The zero-order valence-corrected chi connectivity index (χ0v) is 18.2. The molecule has 0 fully saturated rings. The summed E-state index contributed by atoms with van der Waals surface area (Å²) in [7, 11) is -0.688. The highest BCUT2D eigenvalue weighted by molar-refractivity contribution is 7.92. The molecule has 0 saturated heterocycles. The third-order valence-electron chi connectivity index (χ3n) is 4.20. The molecule has 0 aliphatic carbocycles. The minimum Gasteiger partial charge on any atom is -0.497 e. The summed E-state index contributed by atoms with van der Waals surface area (Å²) in [4.78, 5) is 12.4. The molecule has 0 aliphatic heterocycles. The standard InChI is InChI=1S/C20H25ClN2O5S/c1-27-17-8-4-6-15(12-17)7-5-11-22-20(24)14-23(29(3,25)26)18-13-16(21)9-10-19(18)28-2/h4,6,8-10,12-13H,5,7,11,14H2,1-3H3,(H,22,24). The summed E-state index contributed by atoms with van der Waals surface area (Å²) in [6.45, 7) is 0.0506. The quantitative estimate of drug-likeness (QED) is 0.574. The van der Waals surface area contributed by atoms with Gasteiger partial charge in [-0.3, -0.25) is 9.10 Å². The molecule has 0 spiro atoms. The molecule has 2 rings (SSSR count). The molecule has 9 heteroatoms. The number of ether oxygens (including phenoxy) is 2. The molecule has 0 unspecified atom stereocenters. The fraction of sp³-hybridized carbons (Fsp3) is 0.350. The second-order valence-corrected chi connectivity index (χ2v) is 8.73. The molecule has 1 N–H and O–H groups in total. The van der Waals surface area contributed by atoms with Gasteiger partial charge in [0.05, 0.1) is 26.2 Å². The number of sulfonamides is 1. The number of benzene rings is 2. The number of methoxy groups -OCH3 is 2. The number of rotatable bonds is 10. The summed E-state index contributed by atoms with van der Waals surface area (Å²) >= 11 is 6.00. The smallest absolute Gasteiger partial charge is 0.240 e. The molecular formula is C20H25ClN2O5S. The number of hydrogen-bond acceptors (Lipinski definition) is 5. The van der Waals surface area contributed by atoms with Crippen LogP contribution < -0.4 is 19.1 Å². The monoisotopic (exact) mass is 440 g/mol. The number of nitrogens with zero attached hydrogens (tertiary/aromatic N) is 1. The van der Waals surface area contributed by atoms with E-state index in [-0.39, 0.29) is 12.2 Å². The van der Waals surface area contributed by atoms with Crippen LogP contribution in [0.2, 0.25) is 5.02 Å². The number of amides is 1. The van der Waals surface area contributed by atoms with Gasteiger partial charge in [0.2, 0.25) is 15.9 Å². The molecule has 2 aromatic carbocycles. The molecule has 158 valence electrons. The van der Waals surface area contributed by atoms with E-state index in [0.717, 1.165) is 28.3 Å². The first-order valence-corrected chi connectivity index (χ1v) is 11.2. The Morgan fingerprint density at radius 1 is 1.14 bits per heavy atom. The highest BCUT2D eigenvalue weighted by atomic mass is 35.5. The van der Waals surface area contributed by atoms with Crippen molar-refractivity contribution in [1.82, 2.24) is 5.32 Å². The van der Waals surface area contributed by atoms with Gasteiger partial charge in [-0.05, 0) is 48.7 Å². The SMILES string of the molecule is COc1cccc(CCCNC(=O)CN(c2cc(Cl)ccc2OC)S(C)(=O)=O)c1. The number of aryl methyl sites for hydroxylation is 1. The molecule has 7 nitrogen and oxygen atoms in total. The molecule has 1 amide bonds. The summed E-state index contributed by atoms with van der Waals surface area (Å²) in [5, 5.41) is 3.10. The van der Waals surface area contributed by atoms with Gasteiger partial charge in [0.25, 0.3) is 0 Å². The van der Waals surface area contributed by atoms with E-state index < -0.39 is 15.9 Å². The van der Waals surface area contributed by atoms with Gasteiger partial charge in [-0.1, -0.05) is 23.7 Å². The lowest BCUT2D eigenvalue weighted by molar-refractivity contribution is -0.119. The molecule has 0 heterocycles. The van der Waals surface area contributed by atoms with Crippen LogP contribution in [0, 0.1) is 0 Å². The summed E-state index contributed by atoms with van der Waals surface area (Å²) in [6, 6.07) is 12.3. The van der Waals surface area contributed by atoms with Crippen LogP contribution in [-0.4, -0.2) is 47.9 Å². The lowest BCUT2D eigenvalue weighted by Gasteiger charge is -2.24. The first kappa shape index (κ1) is 22.8. The molecule has 0 aromatic heterocycles. The predicted molar refractivity (Wildman–Crippen MR) is 115 cm³/mol. The van der Waals surface area contributed by atoms with Crippen molar-refractivity contribution >= 4 is 33.2 Å². The van der Waals surface area contributed by atoms with Crippen molar-refractivity contribution in [1.29, 1.82) is 0 Å². The topological polar surface area (TPSA) is 84.9 Å². The van der Waals surface area contributed by atoms with Crippen LogP contribution in [0.1, 0.15) is 12.0 Å². The maximum atomic E-state index is 12.4. The van der Waals surface area contributed by atoms with E-state index in [1.807, 2.05) is 24.3 Å². The largest absolute Gasteiger partial charge is 0.497 e. The van der Waals surface area contributed by atoms with Gasteiger partial charge in [-0.25, -0.2) is 8.42 Å². The second-order valence-electron chi connectivity index (χ2n) is 6.39. The Bertz CT molecular complexity index is 950. The van der Waals surface area contributed by atoms with Gasteiger partial charge in [0, 0.05) is 11.6 Å². The fourth-order valence-corrected chi connectivity index (χ4v) is 3.79. The molecule has 0 bridgehead atoms. The van der Waals surface area contributed by atoms with E-state index in [1.165, 1.54) is 13.2 Å². The predicted octanol–water partition coefficient (Wildman–Crippen LogP) is 2.87. The van der Waals surface area contributed by atoms with E-state index in [0.29, 0.717) is 23.7 Å². The maximum absolute atomic E-state index is 12.4. The third kappa shape index (κ3) is 6.83. The third-order valence-corrected chi connectivity index (χ3v) is 5.56. The number of nitrogens with one attached hydrogen (secondary N) is 1. The van der Waals surface area contributed by atoms with Gasteiger partial charge in [0.1, 0.15) is 18.0 Å². The Morgan fingerprint density at radius 2 is 1.90 bits per heavy atom. The molecule has 29 heavy (non-hydrogen) atoms. The molecule has 0 radical (unpaired) electrons. The van der Waals surface area contributed by atoms with Crippen LogP contribution in [0.25, 0.3) is 0 Å². The minimum absolute atomic E-state index is 0.217. The lowest BCUT2D eigenvalue weighted by atomic mass is 10.1. The van der Waals surface area contributed by atoms with Crippen molar-refractivity contribution in [3.05, 3.63) is 53.1 Å². The van der Waals surface area contributed by atoms with Crippen molar-refractivity contribution in [3.63, 3.8) is 0 Å². The van der Waals surface area contributed by atoms with E-state index in [4.69, 9.17) is 21.1 Å². The summed E-state index contributed by atoms with van der Waals surface area (Å²) in [6.07, 6.45) is 2.50. The van der Waals surface area contributed by atoms with Crippen molar-refractivity contribution in [2.75, 3.05) is 37.9 Å². The number of hydrogen-bond donors (Lipinski definition) is 1. The lowest BCUT2D eigenvalue weighted by Crippen LogP contribution is -2.40.